The molecule has 1 fully saturated rings. The topological polar surface area (TPSA) is 61.8 Å². The van der Waals surface area contributed by atoms with Gasteiger partial charge in [0.25, 0.3) is 0 Å². The maximum absolute atomic E-state index is 11.3. The van der Waals surface area contributed by atoms with Crippen molar-refractivity contribution in [1.29, 1.82) is 0 Å². The van der Waals surface area contributed by atoms with Crippen molar-refractivity contribution in [3.63, 3.8) is 0 Å². The third-order valence-corrected chi connectivity index (χ3v) is 3.86. The number of allylic oxidation sites excluding steroid dienone is 1. The van der Waals surface area contributed by atoms with Crippen molar-refractivity contribution in [2.75, 3.05) is 13.2 Å². The molecule has 22 heavy (non-hydrogen) atoms. The highest BCUT2D eigenvalue weighted by molar-refractivity contribution is 5.65. The fraction of sp³-hybridized carbons (Fsp3) is 0.471. The molecular formula is C17H24N2O3. The number of piperidine rings is 1. The fourth-order valence-electron chi connectivity index (χ4n) is 2.61. The summed E-state index contributed by atoms with van der Waals surface area (Å²) in [5, 5.41) is 12.8. The first-order valence-corrected chi connectivity index (χ1v) is 7.70. The standard InChI is InChI=1S/C17H24N2O3/c1-2-3-11-22-16-12-15(9-10-19(16)17(20)21)18-13-14-7-5-4-6-8-14/h2-8,15-16,18H,9-13H2,1H3,(H,20,21)/b3-2+/t15-,16-/m1/s1. The summed E-state index contributed by atoms with van der Waals surface area (Å²) in [4.78, 5) is 12.7. The second-order valence-corrected chi connectivity index (χ2v) is 5.42. The maximum Gasteiger partial charge on any atom is 0.409 e. The van der Waals surface area contributed by atoms with Gasteiger partial charge in [-0.1, -0.05) is 42.5 Å². The zero-order valence-corrected chi connectivity index (χ0v) is 12.9. The average Bonchev–Trinajstić information content (AvgIpc) is 2.54. The van der Waals surface area contributed by atoms with E-state index < -0.39 is 6.09 Å². The summed E-state index contributed by atoms with van der Waals surface area (Å²) in [6, 6.07) is 10.5. The van der Waals surface area contributed by atoms with Gasteiger partial charge in [0.05, 0.1) is 6.61 Å². The normalized spacial score (nSPS) is 22.1. The lowest BCUT2D eigenvalue weighted by molar-refractivity contribution is -0.0636. The van der Waals surface area contributed by atoms with Gasteiger partial charge in [-0.15, -0.1) is 0 Å². The Morgan fingerprint density at radius 2 is 2.23 bits per heavy atom. The van der Waals surface area contributed by atoms with Crippen LogP contribution in [0.2, 0.25) is 0 Å². The van der Waals surface area contributed by atoms with Crippen LogP contribution in [0.25, 0.3) is 0 Å². The molecule has 120 valence electrons. The number of amides is 1. The molecule has 2 N–H and O–H groups in total. The zero-order chi connectivity index (χ0) is 15.8. The van der Waals surface area contributed by atoms with Crippen molar-refractivity contribution < 1.29 is 14.6 Å². The van der Waals surface area contributed by atoms with Crippen LogP contribution in [-0.4, -0.2) is 41.5 Å². The highest BCUT2D eigenvalue weighted by atomic mass is 16.5. The first-order chi connectivity index (χ1) is 10.7. The lowest BCUT2D eigenvalue weighted by atomic mass is 10.0. The largest absolute Gasteiger partial charge is 0.465 e. The quantitative estimate of drug-likeness (QED) is 0.793. The third kappa shape index (κ3) is 4.86. The average molecular weight is 304 g/mol. The summed E-state index contributed by atoms with van der Waals surface area (Å²) in [6.07, 6.45) is 3.99. The number of nitrogens with zero attached hydrogens (tertiary/aromatic N) is 1. The minimum absolute atomic E-state index is 0.270. The van der Waals surface area contributed by atoms with Gasteiger partial charge in [-0.2, -0.15) is 0 Å². The van der Waals surface area contributed by atoms with Crippen LogP contribution in [0.3, 0.4) is 0 Å². The predicted octanol–water partition coefficient (Wildman–Crippen LogP) is 2.84. The molecule has 1 amide bonds. The minimum Gasteiger partial charge on any atom is -0.465 e. The minimum atomic E-state index is -0.910. The molecule has 0 saturated carbocycles. The number of carboxylic acid groups (broad SMARTS) is 1. The van der Waals surface area contributed by atoms with E-state index in [1.165, 1.54) is 10.5 Å². The molecule has 0 bridgehead atoms. The lowest BCUT2D eigenvalue weighted by Gasteiger charge is -2.37. The summed E-state index contributed by atoms with van der Waals surface area (Å²) >= 11 is 0. The van der Waals surface area contributed by atoms with E-state index in [1.54, 1.807) is 0 Å². The van der Waals surface area contributed by atoms with E-state index in [9.17, 15) is 9.90 Å². The summed E-state index contributed by atoms with van der Waals surface area (Å²) in [7, 11) is 0. The molecule has 1 heterocycles. The van der Waals surface area contributed by atoms with E-state index in [4.69, 9.17) is 4.74 Å². The highest BCUT2D eigenvalue weighted by Gasteiger charge is 2.31. The first kappa shape index (κ1) is 16.5. The monoisotopic (exact) mass is 304 g/mol. The van der Waals surface area contributed by atoms with Gasteiger partial charge in [0.2, 0.25) is 0 Å². The zero-order valence-electron chi connectivity index (χ0n) is 12.9. The van der Waals surface area contributed by atoms with Crippen molar-refractivity contribution in [2.45, 2.75) is 38.6 Å². The van der Waals surface area contributed by atoms with Crippen LogP contribution < -0.4 is 5.32 Å². The lowest BCUT2D eigenvalue weighted by Crippen LogP contribution is -2.51. The van der Waals surface area contributed by atoms with E-state index in [-0.39, 0.29) is 12.3 Å². The molecule has 0 aliphatic carbocycles. The van der Waals surface area contributed by atoms with Crippen LogP contribution in [0.1, 0.15) is 25.3 Å². The summed E-state index contributed by atoms with van der Waals surface area (Å²) in [6.45, 7) is 3.65. The van der Waals surface area contributed by atoms with Gasteiger partial charge >= 0.3 is 6.09 Å². The van der Waals surface area contributed by atoms with E-state index in [0.29, 0.717) is 19.6 Å². The molecule has 5 nitrogen and oxygen atoms in total. The summed E-state index contributed by atoms with van der Waals surface area (Å²) in [5.74, 6) is 0. The van der Waals surface area contributed by atoms with Gasteiger partial charge in [-0.3, -0.25) is 4.90 Å². The van der Waals surface area contributed by atoms with Crippen molar-refractivity contribution in [2.24, 2.45) is 0 Å². The van der Waals surface area contributed by atoms with Crippen LogP contribution in [-0.2, 0) is 11.3 Å². The van der Waals surface area contributed by atoms with Crippen LogP contribution in [0.5, 0.6) is 0 Å². The molecule has 0 unspecified atom stereocenters. The van der Waals surface area contributed by atoms with Crippen LogP contribution in [0, 0.1) is 0 Å². The Balaban J connectivity index is 1.87. The molecule has 2 rings (SSSR count). The highest BCUT2D eigenvalue weighted by Crippen LogP contribution is 2.19. The van der Waals surface area contributed by atoms with Gasteiger partial charge in [-0.05, 0) is 18.9 Å². The number of ether oxygens (including phenoxy) is 1. The van der Waals surface area contributed by atoms with E-state index >= 15 is 0 Å². The third-order valence-electron chi connectivity index (χ3n) is 3.86. The maximum atomic E-state index is 11.3. The SMILES string of the molecule is C/C=C/CO[C@@H]1C[C@H](NCc2ccccc2)CCN1C(=O)O. The van der Waals surface area contributed by atoms with Crippen LogP contribution >= 0.6 is 0 Å². The number of benzene rings is 1. The van der Waals surface area contributed by atoms with Crippen molar-refractivity contribution in [3.8, 4) is 0 Å². The summed E-state index contributed by atoms with van der Waals surface area (Å²) in [5.41, 5.74) is 1.23. The Morgan fingerprint density at radius 3 is 2.91 bits per heavy atom. The number of nitrogens with one attached hydrogen (secondary N) is 1. The van der Waals surface area contributed by atoms with E-state index in [1.807, 2.05) is 37.3 Å². The van der Waals surface area contributed by atoms with E-state index in [0.717, 1.165) is 13.0 Å². The van der Waals surface area contributed by atoms with Gasteiger partial charge in [-0.25, -0.2) is 4.79 Å². The van der Waals surface area contributed by atoms with Crippen molar-refractivity contribution in [1.82, 2.24) is 10.2 Å². The van der Waals surface area contributed by atoms with Gasteiger partial charge in [0.15, 0.2) is 0 Å². The molecule has 1 aliphatic heterocycles. The number of rotatable bonds is 6. The molecule has 1 aromatic rings. The second kappa shape index (κ2) is 8.56. The molecule has 2 atom stereocenters. The molecular weight excluding hydrogens is 280 g/mol. The molecule has 1 aromatic carbocycles. The molecule has 1 saturated heterocycles. The van der Waals surface area contributed by atoms with Gasteiger partial charge in [0.1, 0.15) is 6.23 Å². The Morgan fingerprint density at radius 1 is 1.45 bits per heavy atom. The molecule has 0 aromatic heterocycles. The number of likely N-dealkylation sites (tertiary alicyclic amines) is 1. The van der Waals surface area contributed by atoms with Gasteiger partial charge in [0, 0.05) is 25.6 Å². The molecule has 0 spiro atoms. The second-order valence-electron chi connectivity index (χ2n) is 5.42. The Bertz CT molecular complexity index is 490. The molecule has 1 aliphatic rings. The molecule has 0 radical (unpaired) electrons. The van der Waals surface area contributed by atoms with Crippen molar-refractivity contribution in [3.05, 3.63) is 48.0 Å². The smallest absolute Gasteiger partial charge is 0.409 e. The van der Waals surface area contributed by atoms with Crippen molar-refractivity contribution >= 4 is 6.09 Å². The Labute approximate surface area is 131 Å². The first-order valence-electron chi connectivity index (χ1n) is 7.70. The predicted molar refractivity (Wildman–Crippen MR) is 85.6 cm³/mol. The fourth-order valence-corrected chi connectivity index (χ4v) is 2.61. The van der Waals surface area contributed by atoms with Gasteiger partial charge < -0.3 is 15.2 Å². The van der Waals surface area contributed by atoms with Crippen LogP contribution in [0.15, 0.2) is 42.5 Å². The Hall–Kier alpha value is -1.85. The molecule has 5 heteroatoms. The summed E-state index contributed by atoms with van der Waals surface area (Å²) < 4.78 is 5.70. The Kier molecular flexibility index (Phi) is 6.43. The van der Waals surface area contributed by atoms with E-state index in [2.05, 4.69) is 17.4 Å². The number of hydrogen-bond donors (Lipinski definition) is 2. The number of hydrogen-bond acceptors (Lipinski definition) is 3. The number of carbonyl (C=O) groups is 1. The van der Waals surface area contributed by atoms with Crippen LogP contribution in [0.4, 0.5) is 4.79 Å².